The summed E-state index contributed by atoms with van der Waals surface area (Å²) in [7, 11) is 1.64. The fourth-order valence-electron chi connectivity index (χ4n) is 5.19. The van der Waals surface area contributed by atoms with Crippen LogP contribution in [0.25, 0.3) is 0 Å². The average Bonchev–Trinajstić information content (AvgIpc) is 2.73. The van der Waals surface area contributed by atoms with E-state index in [0.29, 0.717) is 18.7 Å². The van der Waals surface area contributed by atoms with Crippen molar-refractivity contribution in [2.75, 3.05) is 7.11 Å². The van der Waals surface area contributed by atoms with E-state index in [2.05, 4.69) is 26.8 Å². The molecule has 1 spiro atoms. The molecule has 23 heavy (non-hydrogen) atoms. The molecule has 0 aromatic rings. The van der Waals surface area contributed by atoms with E-state index in [0.717, 1.165) is 18.6 Å². The molecule has 0 aromatic carbocycles. The van der Waals surface area contributed by atoms with Crippen molar-refractivity contribution in [1.29, 1.82) is 0 Å². The van der Waals surface area contributed by atoms with Gasteiger partial charge in [-0.2, -0.15) is 4.99 Å². The van der Waals surface area contributed by atoms with E-state index in [1.165, 1.54) is 17.6 Å². The lowest BCUT2D eigenvalue weighted by atomic mass is 9.55. The minimum Gasteiger partial charge on any atom is -0.493 e. The van der Waals surface area contributed by atoms with Crippen molar-refractivity contribution in [1.82, 2.24) is 0 Å². The SMILES string of the molecule is COC1=N[C@H]2C[C@H](O)CC3=C2C2(CC(C)(C)CC[C@H]2O3)C(C)=[C+]1. The van der Waals surface area contributed by atoms with Crippen LogP contribution >= 0.6 is 0 Å². The Hall–Kier alpha value is -1.38. The molecule has 0 bridgehead atoms. The second-order valence-electron chi connectivity index (χ2n) is 8.29. The molecule has 4 rings (SSSR count). The molecule has 0 saturated heterocycles. The molecule has 1 unspecified atom stereocenters. The minimum atomic E-state index is -0.385. The van der Waals surface area contributed by atoms with Crippen LogP contribution in [0.5, 0.6) is 0 Å². The van der Waals surface area contributed by atoms with Crippen LogP contribution in [-0.2, 0) is 9.47 Å². The highest BCUT2D eigenvalue weighted by molar-refractivity contribution is 5.85. The average molecular weight is 316 g/mol. The summed E-state index contributed by atoms with van der Waals surface area (Å²) in [6.45, 7) is 6.84. The van der Waals surface area contributed by atoms with Crippen LogP contribution in [0.3, 0.4) is 0 Å². The first-order valence-corrected chi connectivity index (χ1v) is 8.67. The van der Waals surface area contributed by atoms with Gasteiger partial charge in [-0.25, -0.2) is 0 Å². The standard InChI is InChI=1S/C19H26NO3/c1-11-7-16(22-4)20-13-8-12(21)9-14-17(13)19(11)10-18(2,3)6-5-15(19)23-14/h12-13,15,21H,5-6,8-10H2,1-4H3/q+1/t12-,13-,15+,19?/m0/s1. The van der Waals surface area contributed by atoms with Gasteiger partial charge in [0.05, 0.1) is 19.3 Å². The molecule has 1 saturated carbocycles. The second-order valence-corrected chi connectivity index (χ2v) is 8.29. The zero-order chi connectivity index (χ0) is 16.4. The molecule has 124 valence electrons. The number of nitrogens with zero attached hydrogens (tertiary/aromatic N) is 1. The predicted molar refractivity (Wildman–Crippen MR) is 87.9 cm³/mol. The van der Waals surface area contributed by atoms with Gasteiger partial charge in [0, 0.05) is 25.3 Å². The van der Waals surface area contributed by atoms with Gasteiger partial charge in [-0.1, -0.05) is 13.8 Å². The summed E-state index contributed by atoms with van der Waals surface area (Å²) in [6, 6.07) is -0.0486. The van der Waals surface area contributed by atoms with E-state index in [9.17, 15) is 5.11 Å². The molecule has 2 heterocycles. The van der Waals surface area contributed by atoms with Crippen LogP contribution < -0.4 is 0 Å². The monoisotopic (exact) mass is 316 g/mol. The molecular formula is C19H26NO3+. The highest BCUT2D eigenvalue weighted by Crippen LogP contribution is 2.62. The van der Waals surface area contributed by atoms with E-state index in [4.69, 9.17) is 14.5 Å². The Morgan fingerprint density at radius 3 is 2.91 bits per heavy atom. The first-order valence-electron chi connectivity index (χ1n) is 8.67. The molecule has 0 aromatic heterocycles. The quantitative estimate of drug-likeness (QED) is 0.698. The van der Waals surface area contributed by atoms with Crippen LogP contribution in [0, 0.1) is 16.9 Å². The molecule has 0 radical (unpaired) electrons. The van der Waals surface area contributed by atoms with Crippen molar-refractivity contribution >= 4 is 5.90 Å². The predicted octanol–water partition coefficient (Wildman–Crippen LogP) is 3.17. The summed E-state index contributed by atoms with van der Waals surface area (Å²) in [6.07, 6.45) is 7.72. The van der Waals surface area contributed by atoms with Crippen molar-refractivity contribution in [3.8, 4) is 0 Å². The zero-order valence-corrected chi connectivity index (χ0v) is 14.5. The van der Waals surface area contributed by atoms with Crippen LogP contribution in [0.1, 0.15) is 52.9 Å². The Balaban J connectivity index is 1.92. The molecule has 2 aliphatic carbocycles. The number of rotatable bonds is 0. The smallest absolute Gasteiger partial charge is 0.470 e. The van der Waals surface area contributed by atoms with Crippen molar-refractivity contribution < 1.29 is 14.6 Å². The van der Waals surface area contributed by atoms with E-state index < -0.39 is 0 Å². The van der Waals surface area contributed by atoms with Gasteiger partial charge in [-0.15, -0.1) is 0 Å². The third-order valence-corrected chi connectivity index (χ3v) is 6.14. The van der Waals surface area contributed by atoms with E-state index in [1.807, 2.05) is 0 Å². The van der Waals surface area contributed by atoms with Crippen molar-refractivity contribution in [3.63, 3.8) is 0 Å². The summed E-state index contributed by atoms with van der Waals surface area (Å²) in [5, 5.41) is 10.3. The number of hydrogen-bond acceptors (Lipinski definition) is 4. The van der Waals surface area contributed by atoms with Crippen molar-refractivity contribution in [2.45, 2.75) is 71.1 Å². The van der Waals surface area contributed by atoms with Crippen LogP contribution in [0.4, 0.5) is 0 Å². The van der Waals surface area contributed by atoms with Gasteiger partial charge in [0.15, 0.2) is 5.57 Å². The number of hydrogen-bond donors (Lipinski definition) is 1. The molecule has 4 atom stereocenters. The summed E-state index contributed by atoms with van der Waals surface area (Å²) in [5.74, 6) is 1.54. The van der Waals surface area contributed by atoms with E-state index in [-0.39, 0.29) is 29.1 Å². The summed E-state index contributed by atoms with van der Waals surface area (Å²) in [4.78, 5) is 4.76. The number of aliphatic imine (C=N–C) groups is 1. The first-order chi connectivity index (χ1) is 10.9. The van der Waals surface area contributed by atoms with Gasteiger partial charge in [0.1, 0.15) is 17.3 Å². The molecule has 1 N–H and O–H groups in total. The Bertz CT molecular complexity index is 631. The second kappa shape index (κ2) is 4.81. The molecule has 1 fully saturated rings. The normalized spacial score (nSPS) is 40.8. The number of ether oxygens (including phenoxy) is 2. The molecule has 2 aliphatic heterocycles. The number of aliphatic hydroxyl groups is 1. The fraction of sp³-hybridized carbons (Fsp3) is 0.737. The fourth-order valence-corrected chi connectivity index (χ4v) is 5.19. The maximum Gasteiger partial charge on any atom is 0.470 e. The third-order valence-electron chi connectivity index (χ3n) is 6.14. The zero-order valence-electron chi connectivity index (χ0n) is 14.5. The topological polar surface area (TPSA) is 51.0 Å². The van der Waals surface area contributed by atoms with Gasteiger partial charge in [0.25, 0.3) is 0 Å². The highest BCUT2D eigenvalue weighted by Gasteiger charge is 2.63. The lowest BCUT2D eigenvalue weighted by molar-refractivity contribution is -0.00409. The van der Waals surface area contributed by atoms with Crippen molar-refractivity contribution in [2.24, 2.45) is 15.8 Å². The van der Waals surface area contributed by atoms with Gasteiger partial charge in [-0.05, 0) is 24.7 Å². The van der Waals surface area contributed by atoms with Gasteiger partial charge in [0.2, 0.25) is 0 Å². The van der Waals surface area contributed by atoms with E-state index in [1.54, 1.807) is 7.11 Å². The van der Waals surface area contributed by atoms with Gasteiger partial charge < -0.3 is 14.6 Å². The van der Waals surface area contributed by atoms with Crippen LogP contribution in [0.2, 0.25) is 0 Å². The molecular weight excluding hydrogens is 290 g/mol. The van der Waals surface area contributed by atoms with Crippen molar-refractivity contribution in [3.05, 3.63) is 23.0 Å². The lowest BCUT2D eigenvalue weighted by Gasteiger charge is -2.45. The molecule has 4 nitrogen and oxygen atoms in total. The lowest BCUT2D eigenvalue weighted by Crippen LogP contribution is -2.46. The maximum absolute atomic E-state index is 10.3. The minimum absolute atomic E-state index is 0.0486. The Labute approximate surface area is 138 Å². The highest BCUT2D eigenvalue weighted by atomic mass is 16.5. The van der Waals surface area contributed by atoms with E-state index >= 15 is 0 Å². The number of methoxy groups -OCH3 is 1. The molecule has 4 aliphatic rings. The Morgan fingerprint density at radius 2 is 2.17 bits per heavy atom. The summed E-state index contributed by atoms with van der Waals surface area (Å²) < 4.78 is 11.8. The summed E-state index contributed by atoms with van der Waals surface area (Å²) >= 11 is 0. The third kappa shape index (κ3) is 2.08. The van der Waals surface area contributed by atoms with Gasteiger partial charge in [-0.3, -0.25) is 0 Å². The molecule has 0 amide bonds. The largest absolute Gasteiger partial charge is 0.493 e. The molecule has 4 heteroatoms. The Morgan fingerprint density at radius 1 is 1.39 bits per heavy atom. The number of aliphatic hydroxyl groups excluding tert-OH is 1. The van der Waals surface area contributed by atoms with Gasteiger partial charge >= 0.3 is 12.0 Å². The van der Waals surface area contributed by atoms with Crippen LogP contribution in [0.15, 0.2) is 21.9 Å². The van der Waals surface area contributed by atoms with Crippen LogP contribution in [-0.4, -0.2) is 36.4 Å². The summed E-state index contributed by atoms with van der Waals surface area (Å²) in [5.41, 5.74) is 2.63. The Kier molecular flexibility index (Phi) is 3.17. The maximum atomic E-state index is 10.3. The first kappa shape index (κ1) is 15.2.